The van der Waals surface area contributed by atoms with E-state index >= 15 is 0 Å². The maximum atomic E-state index is 14.0. The molecule has 0 unspecified atom stereocenters. The Bertz CT molecular complexity index is 1200. The molecule has 0 aliphatic heterocycles. The van der Waals surface area contributed by atoms with Crippen molar-refractivity contribution >= 4 is 5.91 Å². The number of hydrogen-bond acceptors (Lipinski definition) is 3. The molecule has 6 heteroatoms. The second-order valence-corrected chi connectivity index (χ2v) is 7.04. The van der Waals surface area contributed by atoms with Gasteiger partial charge in [0, 0.05) is 11.6 Å². The van der Waals surface area contributed by atoms with Gasteiger partial charge in [-0.25, -0.2) is 9.37 Å². The first-order valence-corrected chi connectivity index (χ1v) is 9.82. The minimum absolute atomic E-state index is 0.195. The molecule has 0 aliphatic rings. The molecule has 1 N–H and O–H groups in total. The predicted octanol–water partition coefficient (Wildman–Crippen LogP) is 3.96. The van der Waals surface area contributed by atoms with Gasteiger partial charge in [0.25, 0.3) is 5.56 Å². The quantitative estimate of drug-likeness (QED) is 0.521. The van der Waals surface area contributed by atoms with Crippen LogP contribution in [0.2, 0.25) is 0 Å². The van der Waals surface area contributed by atoms with Crippen LogP contribution >= 0.6 is 0 Å². The van der Waals surface area contributed by atoms with Gasteiger partial charge in [0.05, 0.1) is 18.1 Å². The largest absolute Gasteiger partial charge is 0.344 e. The number of carbonyl (C=O) groups is 1. The molecule has 4 rings (SSSR count). The van der Waals surface area contributed by atoms with Crippen molar-refractivity contribution in [3.8, 4) is 11.3 Å². The van der Waals surface area contributed by atoms with Gasteiger partial charge in [-0.05, 0) is 23.3 Å². The van der Waals surface area contributed by atoms with Gasteiger partial charge in [0.1, 0.15) is 12.4 Å². The summed E-state index contributed by atoms with van der Waals surface area (Å²) in [6.07, 6.45) is 1.27. The Kier molecular flexibility index (Phi) is 5.98. The Labute approximate surface area is 178 Å². The van der Waals surface area contributed by atoms with Gasteiger partial charge < -0.3 is 5.32 Å². The number of rotatable bonds is 6. The van der Waals surface area contributed by atoms with E-state index in [0.717, 1.165) is 11.1 Å². The lowest BCUT2D eigenvalue weighted by atomic mass is 9.99. The molecule has 5 nitrogen and oxygen atoms in total. The second-order valence-electron chi connectivity index (χ2n) is 7.04. The van der Waals surface area contributed by atoms with Gasteiger partial charge in [-0.1, -0.05) is 72.8 Å². The number of carbonyl (C=O) groups excluding carboxylic acids is 1. The van der Waals surface area contributed by atoms with Crippen molar-refractivity contribution < 1.29 is 9.18 Å². The molecule has 0 spiro atoms. The molecule has 154 valence electrons. The fourth-order valence-electron chi connectivity index (χ4n) is 3.37. The molecule has 1 aromatic heterocycles. The molecule has 1 amide bonds. The molecular weight excluding hydrogens is 393 g/mol. The van der Waals surface area contributed by atoms with Crippen LogP contribution < -0.4 is 10.9 Å². The van der Waals surface area contributed by atoms with E-state index in [-0.39, 0.29) is 29.8 Å². The highest BCUT2D eigenvalue weighted by Gasteiger charge is 2.17. The van der Waals surface area contributed by atoms with E-state index in [1.165, 1.54) is 23.0 Å². The van der Waals surface area contributed by atoms with Gasteiger partial charge in [-0.3, -0.25) is 14.2 Å². The van der Waals surface area contributed by atoms with Crippen LogP contribution in [0.5, 0.6) is 0 Å². The molecule has 3 aromatic carbocycles. The highest BCUT2D eigenvalue weighted by molar-refractivity contribution is 5.77. The Morgan fingerprint density at radius 1 is 0.903 bits per heavy atom. The van der Waals surface area contributed by atoms with E-state index < -0.39 is 11.4 Å². The second kappa shape index (κ2) is 9.17. The fraction of sp³-hybridized carbons (Fsp3) is 0.0800. The molecule has 0 fully saturated rings. The molecule has 1 heterocycles. The highest BCUT2D eigenvalue weighted by Crippen LogP contribution is 2.22. The van der Waals surface area contributed by atoms with Crippen LogP contribution in [0.15, 0.2) is 102 Å². The fourth-order valence-corrected chi connectivity index (χ4v) is 3.37. The van der Waals surface area contributed by atoms with Crippen LogP contribution in [-0.2, 0) is 11.3 Å². The van der Waals surface area contributed by atoms with Crippen molar-refractivity contribution in [1.82, 2.24) is 14.9 Å². The van der Waals surface area contributed by atoms with Gasteiger partial charge >= 0.3 is 0 Å². The van der Waals surface area contributed by atoms with Crippen molar-refractivity contribution in [1.29, 1.82) is 0 Å². The first-order chi connectivity index (χ1) is 15.1. The number of halogens is 1. The zero-order chi connectivity index (χ0) is 21.6. The average Bonchev–Trinajstić information content (AvgIpc) is 2.80. The predicted molar refractivity (Wildman–Crippen MR) is 117 cm³/mol. The van der Waals surface area contributed by atoms with E-state index in [4.69, 9.17) is 0 Å². The molecule has 0 radical (unpaired) electrons. The van der Waals surface area contributed by atoms with E-state index in [9.17, 15) is 14.0 Å². The zero-order valence-corrected chi connectivity index (χ0v) is 16.6. The van der Waals surface area contributed by atoms with Crippen molar-refractivity contribution in [3.63, 3.8) is 0 Å². The lowest BCUT2D eigenvalue weighted by Crippen LogP contribution is -2.35. The Morgan fingerprint density at radius 2 is 1.48 bits per heavy atom. The standard InChI is InChI=1S/C25H20FN3O2/c26-21-14-8-7-13-20(21)22-15-24(31)29(17-27-22)16-23(30)28-25(18-9-3-1-4-10-18)19-11-5-2-6-12-19/h1-15,17,25H,16H2,(H,28,30). The summed E-state index contributed by atoms with van der Waals surface area (Å²) in [6, 6.07) is 26.2. The number of amides is 1. The molecule has 0 atom stereocenters. The van der Waals surface area contributed by atoms with Gasteiger partial charge in [0.15, 0.2) is 0 Å². The maximum absolute atomic E-state index is 14.0. The van der Waals surface area contributed by atoms with Gasteiger partial charge in [-0.15, -0.1) is 0 Å². The minimum atomic E-state index is -0.460. The number of nitrogens with zero attached hydrogens (tertiary/aromatic N) is 2. The van der Waals surface area contributed by atoms with E-state index in [0.29, 0.717) is 0 Å². The molecule has 0 bridgehead atoms. The van der Waals surface area contributed by atoms with E-state index in [1.54, 1.807) is 18.2 Å². The summed E-state index contributed by atoms with van der Waals surface area (Å²) < 4.78 is 15.2. The highest BCUT2D eigenvalue weighted by atomic mass is 19.1. The lowest BCUT2D eigenvalue weighted by molar-refractivity contribution is -0.122. The molecule has 0 saturated carbocycles. The number of benzene rings is 3. The Hall–Kier alpha value is -4.06. The Morgan fingerprint density at radius 3 is 2.06 bits per heavy atom. The molecule has 4 aromatic rings. The summed E-state index contributed by atoms with van der Waals surface area (Å²) in [7, 11) is 0. The normalized spacial score (nSPS) is 10.8. The number of nitrogens with one attached hydrogen (secondary N) is 1. The SMILES string of the molecule is O=C(Cn1cnc(-c2ccccc2F)cc1=O)NC(c1ccccc1)c1ccccc1. The van der Waals surface area contributed by atoms with Crippen molar-refractivity contribution in [3.05, 3.63) is 125 Å². The third-order valence-electron chi connectivity index (χ3n) is 4.91. The van der Waals surface area contributed by atoms with Gasteiger partial charge in [-0.2, -0.15) is 0 Å². The van der Waals surface area contributed by atoms with Crippen molar-refractivity contribution in [2.45, 2.75) is 12.6 Å². The summed E-state index contributed by atoms with van der Waals surface area (Å²) >= 11 is 0. The third kappa shape index (κ3) is 4.75. The van der Waals surface area contributed by atoms with E-state index in [1.807, 2.05) is 60.7 Å². The third-order valence-corrected chi connectivity index (χ3v) is 4.91. The van der Waals surface area contributed by atoms with Crippen LogP contribution in [0.3, 0.4) is 0 Å². The summed E-state index contributed by atoms with van der Waals surface area (Å²) in [4.78, 5) is 29.4. The number of hydrogen-bond donors (Lipinski definition) is 1. The monoisotopic (exact) mass is 413 g/mol. The van der Waals surface area contributed by atoms with Crippen LogP contribution in [0.1, 0.15) is 17.2 Å². The summed E-state index contributed by atoms with van der Waals surface area (Å²) in [6.45, 7) is -0.195. The maximum Gasteiger partial charge on any atom is 0.254 e. The van der Waals surface area contributed by atoms with E-state index in [2.05, 4.69) is 10.3 Å². The van der Waals surface area contributed by atoms with Crippen molar-refractivity contribution in [2.75, 3.05) is 0 Å². The van der Waals surface area contributed by atoms with Gasteiger partial charge in [0.2, 0.25) is 5.91 Å². The molecule has 31 heavy (non-hydrogen) atoms. The smallest absolute Gasteiger partial charge is 0.254 e. The lowest BCUT2D eigenvalue weighted by Gasteiger charge is -2.20. The first-order valence-electron chi connectivity index (χ1n) is 9.82. The summed E-state index contributed by atoms with van der Waals surface area (Å²) in [5.41, 5.74) is 1.90. The zero-order valence-electron chi connectivity index (χ0n) is 16.6. The molecule has 0 saturated heterocycles. The molecule has 0 aliphatic carbocycles. The van der Waals surface area contributed by atoms with Crippen LogP contribution in [0.25, 0.3) is 11.3 Å². The first kappa shape index (κ1) is 20.2. The van der Waals surface area contributed by atoms with Crippen LogP contribution in [0.4, 0.5) is 4.39 Å². The average molecular weight is 413 g/mol. The minimum Gasteiger partial charge on any atom is -0.344 e. The van der Waals surface area contributed by atoms with Crippen LogP contribution in [-0.4, -0.2) is 15.5 Å². The topological polar surface area (TPSA) is 64.0 Å². The van der Waals surface area contributed by atoms with Crippen LogP contribution in [0, 0.1) is 5.82 Å². The van der Waals surface area contributed by atoms with Crippen molar-refractivity contribution in [2.24, 2.45) is 0 Å². The summed E-state index contributed by atoms with van der Waals surface area (Å²) in [5.74, 6) is -0.793. The summed E-state index contributed by atoms with van der Waals surface area (Å²) in [5, 5.41) is 2.99. The molecular formula is C25H20FN3O2. The Balaban J connectivity index is 1.55. The number of aromatic nitrogens is 2.